The highest BCUT2D eigenvalue weighted by Gasteiger charge is 2.09. The van der Waals surface area contributed by atoms with Crippen LogP contribution in [-0.2, 0) is 6.54 Å². The number of aryl methyl sites for hydroxylation is 2. The molecule has 2 aromatic rings. The van der Waals surface area contributed by atoms with Gasteiger partial charge in [-0.2, -0.15) is 0 Å². The number of nitrogens with zero attached hydrogens (tertiary/aromatic N) is 2. The van der Waals surface area contributed by atoms with E-state index in [1.807, 2.05) is 13.0 Å². The molecular weight excluding hydrogens is 238 g/mol. The van der Waals surface area contributed by atoms with E-state index in [0.29, 0.717) is 17.2 Å². The Labute approximate surface area is 105 Å². The Bertz CT molecular complexity index is 585. The van der Waals surface area contributed by atoms with Crippen LogP contribution in [0.25, 0.3) is 11.2 Å². The maximum absolute atomic E-state index is 11.8. The summed E-state index contributed by atoms with van der Waals surface area (Å²) in [6.45, 7) is 4.68. The highest BCUT2D eigenvalue weighted by molar-refractivity contribution is 6.31. The number of hydrogen-bond donors (Lipinski definition) is 1. The summed E-state index contributed by atoms with van der Waals surface area (Å²) in [6.07, 6.45) is 3.25. The van der Waals surface area contributed by atoms with Gasteiger partial charge in [0.1, 0.15) is 0 Å². The number of rotatable bonds is 4. The van der Waals surface area contributed by atoms with Crippen LogP contribution in [0.1, 0.15) is 31.9 Å². The molecule has 1 N–H and O–H groups in total. The maximum atomic E-state index is 11.8. The van der Waals surface area contributed by atoms with Crippen molar-refractivity contribution in [1.82, 2.24) is 14.5 Å². The molecule has 0 aliphatic carbocycles. The van der Waals surface area contributed by atoms with Gasteiger partial charge in [-0.3, -0.25) is 9.55 Å². The molecule has 92 valence electrons. The summed E-state index contributed by atoms with van der Waals surface area (Å²) in [5.41, 5.74) is 2.04. The van der Waals surface area contributed by atoms with Gasteiger partial charge in [-0.25, -0.2) is 9.78 Å². The lowest BCUT2D eigenvalue weighted by molar-refractivity contribution is 0.600. The van der Waals surface area contributed by atoms with Crippen LogP contribution in [-0.4, -0.2) is 14.5 Å². The van der Waals surface area contributed by atoms with Crippen molar-refractivity contribution in [3.8, 4) is 0 Å². The molecule has 0 bridgehead atoms. The topological polar surface area (TPSA) is 50.7 Å². The van der Waals surface area contributed by atoms with E-state index in [4.69, 9.17) is 11.6 Å². The number of aromatic amines is 1. The minimum atomic E-state index is -0.106. The van der Waals surface area contributed by atoms with Gasteiger partial charge in [0.15, 0.2) is 5.65 Å². The van der Waals surface area contributed by atoms with Crippen LogP contribution in [0.2, 0.25) is 5.02 Å². The number of unbranched alkanes of at least 4 members (excludes halogenated alkanes) is 2. The molecule has 0 atom stereocenters. The summed E-state index contributed by atoms with van der Waals surface area (Å²) < 4.78 is 1.71. The Kier molecular flexibility index (Phi) is 3.52. The molecule has 0 spiro atoms. The van der Waals surface area contributed by atoms with Gasteiger partial charge in [-0.15, -0.1) is 0 Å². The average molecular weight is 254 g/mol. The molecule has 17 heavy (non-hydrogen) atoms. The van der Waals surface area contributed by atoms with Crippen LogP contribution >= 0.6 is 11.6 Å². The molecule has 0 fully saturated rings. The molecule has 0 saturated carbocycles. The normalized spacial score (nSPS) is 11.2. The van der Waals surface area contributed by atoms with E-state index in [-0.39, 0.29) is 5.69 Å². The lowest BCUT2D eigenvalue weighted by Crippen LogP contribution is -2.16. The Balaban J connectivity index is 2.44. The maximum Gasteiger partial charge on any atom is 0.327 e. The number of pyridine rings is 1. The zero-order valence-electron chi connectivity index (χ0n) is 10.1. The molecule has 2 rings (SSSR count). The summed E-state index contributed by atoms with van der Waals surface area (Å²) in [7, 11) is 0. The lowest BCUT2D eigenvalue weighted by atomic mass is 10.2. The molecule has 0 aliphatic rings. The number of nitrogens with one attached hydrogen (secondary N) is 1. The molecule has 0 unspecified atom stereocenters. The molecule has 5 heteroatoms. The Hall–Kier alpha value is -1.29. The van der Waals surface area contributed by atoms with Gasteiger partial charge in [0.25, 0.3) is 0 Å². The Morgan fingerprint density at radius 2 is 2.24 bits per heavy atom. The predicted molar refractivity (Wildman–Crippen MR) is 69.6 cm³/mol. The van der Waals surface area contributed by atoms with Gasteiger partial charge >= 0.3 is 5.69 Å². The van der Waals surface area contributed by atoms with Crippen LogP contribution in [0, 0.1) is 6.92 Å². The molecule has 2 aromatic heterocycles. The average Bonchev–Trinajstić information content (AvgIpc) is 2.57. The van der Waals surface area contributed by atoms with Crippen molar-refractivity contribution in [3.05, 3.63) is 27.3 Å². The van der Waals surface area contributed by atoms with Crippen molar-refractivity contribution in [2.45, 2.75) is 39.7 Å². The Morgan fingerprint density at radius 3 is 2.94 bits per heavy atom. The summed E-state index contributed by atoms with van der Waals surface area (Å²) in [4.78, 5) is 18.8. The second-order valence-corrected chi connectivity index (χ2v) is 4.62. The first-order valence-electron chi connectivity index (χ1n) is 5.89. The third-order valence-electron chi connectivity index (χ3n) is 2.88. The quantitative estimate of drug-likeness (QED) is 0.852. The second-order valence-electron chi connectivity index (χ2n) is 4.21. The van der Waals surface area contributed by atoms with E-state index in [1.165, 1.54) is 0 Å². The first-order valence-corrected chi connectivity index (χ1v) is 6.27. The van der Waals surface area contributed by atoms with Crippen molar-refractivity contribution < 1.29 is 0 Å². The van der Waals surface area contributed by atoms with Gasteiger partial charge in [0, 0.05) is 6.54 Å². The van der Waals surface area contributed by atoms with Crippen molar-refractivity contribution >= 4 is 22.8 Å². The number of hydrogen-bond acceptors (Lipinski definition) is 2. The third-order valence-corrected chi connectivity index (χ3v) is 3.26. The van der Waals surface area contributed by atoms with Crippen LogP contribution in [0.5, 0.6) is 0 Å². The van der Waals surface area contributed by atoms with Crippen molar-refractivity contribution in [3.63, 3.8) is 0 Å². The smallest absolute Gasteiger partial charge is 0.290 e. The molecular formula is C12H16ClN3O. The van der Waals surface area contributed by atoms with Gasteiger partial charge in [-0.05, 0) is 19.4 Å². The standard InChI is InChI=1S/C12H16ClN3O/c1-3-4-5-6-16-10-7-9(13)8(2)14-11(10)15-12(16)17/h7H,3-6H2,1-2H3,(H,14,15,17). The van der Waals surface area contributed by atoms with E-state index in [9.17, 15) is 4.79 Å². The zero-order valence-corrected chi connectivity index (χ0v) is 10.8. The summed E-state index contributed by atoms with van der Waals surface area (Å²) in [5.74, 6) is 0. The molecule has 2 heterocycles. The van der Waals surface area contributed by atoms with E-state index < -0.39 is 0 Å². The first kappa shape index (κ1) is 12.2. The SMILES string of the molecule is CCCCCn1c(=O)[nH]c2nc(C)c(Cl)cc21. The molecule has 4 nitrogen and oxygen atoms in total. The van der Waals surface area contributed by atoms with Crippen molar-refractivity contribution in [1.29, 1.82) is 0 Å². The molecule has 0 amide bonds. The van der Waals surface area contributed by atoms with Crippen LogP contribution in [0.15, 0.2) is 10.9 Å². The third kappa shape index (κ3) is 2.36. The van der Waals surface area contributed by atoms with E-state index in [0.717, 1.165) is 30.5 Å². The molecule has 0 radical (unpaired) electrons. The number of fused-ring (bicyclic) bond motifs is 1. The largest absolute Gasteiger partial charge is 0.327 e. The number of H-pyrrole nitrogens is 1. The highest BCUT2D eigenvalue weighted by atomic mass is 35.5. The monoisotopic (exact) mass is 253 g/mol. The van der Waals surface area contributed by atoms with Gasteiger partial charge < -0.3 is 0 Å². The molecule has 0 aromatic carbocycles. The van der Waals surface area contributed by atoms with Gasteiger partial charge in [-0.1, -0.05) is 31.4 Å². The molecule has 0 saturated heterocycles. The van der Waals surface area contributed by atoms with Crippen LogP contribution < -0.4 is 5.69 Å². The van der Waals surface area contributed by atoms with Crippen molar-refractivity contribution in [2.24, 2.45) is 0 Å². The zero-order chi connectivity index (χ0) is 12.4. The number of imidazole rings is 1. The van der Waals surface area contributed by atoms with E-state index in [2.05, 4.69) is 16.9 Å². The lowest BCUT2D eigenvalue weighted by Gasteiger charge is -2.03. The number of halogens is 1. The van der Waals surface area contributed by atoms with E-state index in [1.54, 1.807) is 4.57 Å². The summed E-state index contributed by atoms with van der Waals surface area (Å²) in [6, 6.07) is 1.81. The highest BCUT2D eigenvalue weighted by Crippen LogP contribution is 2.18. The fourth-order valence-electron chi connectivity index (χ4n) is 1.89. The van der Waals surface area contributed by atoms with E-state index >= 15 is 0 Å². The van der Waals surface area contributed by atoms with Crippen LogP contribution in [0.3, 0.4) is 0 Å². The minimum Gasteiger partial charge on any atom is -0.290 e. The Morgan fingerprint density at radius 1 is 1.47 bits per heavy atom. The minimum absolute atomic E-state index is 0.106. The van der Waals surface area contributed by atoms with Crippen LogP contribution in [0.4, 0.5) is 0 Å². The summed E-state index contributed by atoms with van der Waals surface area (Å²) >= 11 is 6.04. The first-order chi connectivity index (χ1) is 8.13. The van der Waals surface area contributed by atoms with Gasteiger partial charge in [0.2, 0.25) is 0 Å². The fourth-order valence-corrected chi connectivity index (χ4v) is 2.03. The molecule has 0 aliphatic heterocycles. The van der Waals surface area contributed by atoms with Gasteiger partial charge in [0.05, 0.1) is 16.2 Å². The predicted octanol–water partition coefficient (Wildman–Crippen LogP) is 2.88. The fraction of sp³-hybridized carbons (Fsp3) is 0.500. The second kappa shape index (κ2) is 4.92. The van der Waals surface area contributed by atoms with Crippen molar-refractivity contribution in [2.75, 3.05) is 0 Å². The summed E-state index contributed by atoms with van der Waals surface area (Å²) in [5, 5.41) is 0.598. The number of aromatic nitrogens is 3.